The summed E-state index contributed by atoms with van der Waals surface area (Å²) in [6, 6.07) is 1.78. The molecule has 2 fully saturated rings. The van der Waals surface area contributed by atoms with Crippen molar-refractivity contribution in [3.05, 3.63) is 22.6 Å². The fraction of sp³-hybridized carbons (Fsp3) is 0.615. The maximum absolute atomic E-state index is 12.0. The second-order valence-electron chi connectivity index (χ2n) is 5.56. The van der Waals surface area contributed by atoms with Gasteiger partial charge in [0.15, 0.2) is 5.16 Å². The SMILES string of the molecule is NC(=O)C(CSc1nccc(=O)[nH]1)(NC1CC1)C1CC1. The molecule has 0 spiro atoms. The number of nitrogens with two attached hydrogens (primary N) is 1. The van der Waals surface area contributed by atoms with E-state index in [1.54, 1.807) is 0 Å². The molecule has 0 aliphatic heterocycles. The fourth-order valence-corrected chi connectivity index (χ4v) is 3.53. The molecule has 3 rings (SSSR count). The largest absolute Gasteiger partial charge is 0.368 e. The first-order chi connectivity index (χ1) is 9.60. The Morgan fingerprint density at radius 1 is 1.50 bits per heavy atom. The summed E-state index contributed by atoms with van der Waals surface area (Å²) in [6.07, 6.45) is 5.74. The van der Waals surface area contributed by atoms with Crippen LogP contribution in [-0.4, -0.2) is 33.2 Å². The van der Waals surface area contributed by atoms with Crippen LogP contribution in [0.5, 0.6) is 0 Å². The Balaban J connectivity index is 1.75. The predicted octanol–water partition coefficient (Wildman–Crippen LogP) is 0.248. The highest BCUT2D eigenvalue weighted by molar-refractivity contribution is 7.99. The number of hydrogen-bond acceptors (Lipinski definition) is 5. The predicted molar refractivity (Wildman–Crippen MR) is 76.4 cm³/mol. The highest BCUT2D eigenvalue weighted by atomic mass is 32.2. The average Bonchev–Trinajstić information content (AvgIpc) is 3.26. The maximum atomic E-state index is 12.0. The molecule has 0 radical (unpaired) electrons. The first-order valence-corrected chi connectivity index (χ1v) is 7.84. The van der Waals surface area contributed by atoms with E-state index >= 15 is 0 Å². The molecule has 2 saturated carbocycles. The molecule has 4 N–H and O–H groups in total. The maximum Gasteiger partial charge on any atom is 0.251 e. The standard InChI is InChI=1S/C13H18N4O2S/c14-11(19)13(8-1-2-8,17-9-3-4-9)7-20-12-15-6-5-10(18)16-12/h5-6,8-9,17H,1-4,7H2,(H2,14,19)(H,15,16,18). The third-order valence-electron chi connectivity index (χ3n) is 3.84. The van der Waals surface area contributed by atoms with Crippen LogP contribution in [0.2, 0.25) is 0 Å². The minimum Gasteiger partial charge on any atom is -0.368 e. The van der Waals surface area contributed by atoms with Gasteiger partial charge in [0, 0.05) is 24.1 Å². The summed E-state index contributed by atoms with van der Waals surface area (Å²) in [5.41, 5.74) is 4.82. The highest BCUT2D eigenvalue weighted by Gasteiger charge is 2.51. The number of thioether (sulfide) groups is 1. The van der Waals surface area contributed by atoms with Gasteiger partial charge >= 0.3 is 0 Å². The van der Waals surface area contributed by atoms with E-state index in [2.05, 4.69) is 15.3 Å². The molecule has 1 aromatic heterocycles. The third kappa shape index (κ3) is 2.88. The summed E-state index contributed by atoms with van der Waals surface area (Å²) < 4.78 is 0. The molecule has 1 amide bonds. The fourth-order valence-electron chi connectivity index (χ4n) is 2.40. The van der Waals surface area contributed by atoms with Gasteiger partial charge in [-0.15, -0.1) is 0 Å². The molecule has 0 saturated heterocycles. The number of H-pyrrole nitrogens is 1. The number of aromatic nitrogens is 2. The van der Waals surface area contributed by atoms with E-state index in [9.17, 15) is 9.59 Å². The van der Waals surface area contributed by atoms with Crippen molar-refractivity contribution in [1.29, 1.82) is 0 Å². The molecular formula is C13H18N4O2S. The molecule has 2 aliphatic carbocycles. The number of amides is 1. The quantitative estimate of drug-likeness (QED) is 0.494. The van der Waals surface area contributed by atoms with Crippen LogP contribution in [0.4, 0.5) is 0 Å². The number of aromatic amines is 1. The van der Waals surface area contributed by atoms with Crippen molar-refractivity contribution in [2.75, 3.05) is 5.75 Å². The van der Waals surface area contributed by atoms with Crippen molar-refractivity contribution in [3.63, 3.8) is 0 Å². The Morgan fingerprint density at radius 2 is 2.25 bits per heavy atom. The van der Waals surface area contributed by atoms with Crippen LogP contribution in [-0.2, 0) is 4.79 Å². The number of hydrogen-bond donors (Lipinski definition) is 3. The second kappa shape index (κ2) is 5.21. The number of rotatable bonds is 7. The number of carbonyl (C=O) groups excluding carboxylic acids is 1. The van der Waals surface area contributed by atoms with Crippen molar-refractivity contribution in [2.45, 2.75) is 42.4 Å². The Kier molecular flexibility index (Phi) is 3.55. The van der Waals surface area contributed by atoms with Gasteiger partial charge in [-0.2, -0.15) is 0 Å². The Bertz CT molecular complexity index is 567. The zero-order valence-electron chi connectivity index (χ0n) is 11.1. The summed E-state index contributed by atoms with van der Waals surface area (Å²) in [6.45, 7) is 0. The molecule has 0 bridgehead atoms. The smallest absolute Gasteiger partial charge is 0.251 e. The summed E-state index contributed by atoms with van der Waals surface area (Å²) in [4.78, 5) is 30.0. The Labute approximate surface area is 120 Å². The molecule has 2 aliphatic rings. The minimum atomic E-state index is -0.666. The lowest BCUT2D eigenvalue weighted by Gasteiger charge is -2.31. The van der Waals surface area contributed by atoms with E-state index < -0.39 is 5.54 Å². The van der Waals surface area contributed by atoms with Gasteiger partial charge in [0.2, 0.25) is 5.91 Å². The Morgan fingerprint density at radius 3 is 2.80 bits per heavy atom. The van der Waals surface area contributed by atoms with Gasteiger partial charge in [0.25, 0.3) is 5.56 Å². The molecule has 1 atom stereocenters. The van der Waals surface area contributed by atoms with Gasteiger partial charge < -0.3 is 10.7 Å². The van der Waals surface area contributed by atoms with Crippen LogP contribution in [0.1, 0.15) is 25.7 Å². The normalized spacial score (nSPS) is 21.4. The number of nitrogens with zero attached hydrogens (tertiary/aromatic N) is 1. The monoisotopic (exact) mass is 294 g/mol. The Hall–Kier alpha value is -1.34. The summed E-state index contributed by atoms with van der Waals surface area (Å²) in [5, 5.41) is 3.96. The van der Waals surface area contributed by atoms with E-state index in [-0.39, 0.29) is 11.5 Å². The van der Waals surface area contributed by atoms with Crippen molar-refractivity contribution < 1.29 is 4.79 Å². The van der Waals surface area contributed by atoms with Gasteiger partial charge in [-0.25, -0.2) is 4.98 Å². The molecule has 1 heterocycles. The van der Waals surface area contributed by atoms with Crippen LogP contribution in [0.25, 0.3) is 0 Å². The lowest BCUT2D eigenvalue weighted by molar-refractivity contribution is -0.124. The highest BCUT2D eigenvalue weighted by Crippen LogP contribution is 2.43. The molecule has 108 valence electrons. The summed E-state index contributed by atoms with van der Waals surface area (Å²) in [7, 11) is 0. The van der Waals surface area contributed by atoms with Gasteiger partial charge in [-0.05, 0) is 31.6 Å². The second-order valence-corrected chi connectivity index (χ2v) is 6.52. The summed E-state index contributed by atoms with van der Waals surface area (Å²) in [5.74, 6) is 0.525. The molecule has 6 nitrogen and oxygen atoms in total. The first kappa shape index (κ1) is 13.6. The van der Waals surface area contributed by atoms with Crippen LogP contribution in [0.15, 0.2) is 22.2 Å². The van der Waals surface area contributed by atoms with E-state index in [0.29, 0.717) is 22.9 Å². The molecular weight excluding hydrogens is 276 g/mol. The number of nitrogens with one attached hydrogen (secondary N) is 2. The number of primary amides is 1. The zero-order valence-corrected chi connectivity index (χ0v) is 11.9. The van der Waals surface area contributed by atoms with Crippen molar-refractivity contribution in [2.24, 2.45) is 11.7 Å². The van der Waals surface area contributed by atoms with Crippen LogP contribution < -0.4 is 16.6 Å². The third-order valence-corrected chi connectivity index (χ3v) is 4.92. The van der Waals surface area contributed by atoms with E-state index in [1.165, 1.54) is 24.0 Å². The number of carbonyl (C=O) groups is 1. The van der Waals surface area contributed by atoms with Gasteiger partial charge in [0.1, 0.15) is 5.54 Å². The van der Waals surface area contributed by atoms with E-state index in [4.69, 9.17) is 5.73 Å². The molecule has 0 aromatic carbocycles. The van der Waals surface area contributed by atoms with Crippen molar-refractivity contribution >= 4 is 17.7 Å². The zero-order chi connectivity index (χ0) is 14.2. The van der Waals surface area contributed by atoms with Crippen LogP contribution in [0.3, 0.4) is 0 Å². The van der Waals surface area contributed by atoms with Crippen LogP contribution >= 0.6 is 11.8 Å². The van der Waals surface area contributed by atoms with Gasteiger partial charge in [-0.3, -0.25) is 14.9 Å². The molecule has 1 aromatic rings. The first-order valence-electron chi connectivity index (χ1n) is 6.86. The molecule has 7 heteroatoms. The summed E-state index contributed by atoms with van der Waals surface area (Å²) >= 11 is 1.38. The van der Waals surface area contributed by atoms with Gasteiger partial charge in [0.05, 0.1) is 0 Å². The van der Waals surface area contributed by atoms with Crippen molar-refractivity contribution in [3.8, 4) is 0 Å². The lowest BCUT2D eigenvalue weighted by atomic mass is 9.94. The lowest BCUT2D eigenvalue weighted by Crippen LogP contribution is -2.60. The van der Waals surface area contributed by atoms with Gasteiger partial charge in [-0.1, -0.05) is 11.8 Å². The van der Waals surface area contributed by atoms with Crippen molar-refractivity contribution in [1.82, 2.24) is 15.3 Å². The van der Waals surface area contributed by atoms with E-state index in [1.807, 2.05) is 0 Å². The van der Waals surface area contributed by atoms with E-state index in [0.717, 1.165) is 25.7 Å². The molecule has 20 heavy (non-hydrogen) atoms. The van der Waals surface area contributed by atoms with Crippen LogP contribution in [0, 0.1) is 5.92 Å². The topological polar surface area (TPSA) is 101 Å². The average molecular weight is 294 g/mol. The molecule has 1 unspecified atom stereocenters. The minimum absolute atomic E-state index is 0.186.